The van der Waals surface area contributed by atoms with Crippen molar-refractivity contribution in [1.29, 1.82) is 0 Å². The largest absolute Gasteiger partial charge is 0.264 e. The Kier molecular flexibility index (Phi) is 5.20. The van der Waals surface area contributed by atoms with Crippen LogP contribution in [0.3, 0.4) is 0 Å². The Hall–Kier alpha value is -4.51. The van der Waals surface area contributed by atoms with Crippen LogP contribution in [0.5, 0.6) is 0 Å². The maximum atomic E-state index is 5.11. The molecule has 5 nitrogen and oxygen atoms in total. The molecule has 0 spiro atoms. The zero-order valence-electron chi connectivity index (χ0n) is 18.4. The van der Waals surface area contributed by atoms with Gasteiger partial charge in [-0.25, -0.2) is 0 Å². The van der Waals surface area contributed by atoms with E-state index in [1.54, 1.807) is 12.4 Å². The molecule has 34 heavy (non-hydrogen) atoms. The molecule has 162 valence electrons. The minimum absolute atomic E-state index is 0.224. The Morgan fingerprint density at radius 1 is 0.676 bits per heavy atom. The summed E-state index contributed by atoms with van der Waals surface area (Å²) in [6.07, 6.45) is 20.6. The van der Waals surface area contributed by atoms with Gasteiger partial charge in [-0.2, -0.15) is 0 Å². The van der Waals surface area contributed by atoms with Gasteiger partial charge in [0, 0.05) is 65.4 Å². The van der Waals surface area contributed by atoms with Gasteiger partial charge in [0.25, 0.3) is 0 Å². The number of aliphatic imine (C=N–C) groups is 1. The Labute approximate surface area is 198 Å². The normalized spacial score (nSPS) is 16.8. The summed E-state index contributed by atoms with van der Waals surface area (Å²) in [7, 11) is 0. The third-order valence-corrected chi connectivity index (χ3v) is 6.11. The van der Waals surface area contributed by atoms with Crippen LogP contribution in [0.15, 0.2) is 121 Å². The first kappa shape index (κ1) is 20.1. The van der Waals surface area contributed by atoms with E-state index >= 15 is 0 Å². The van der Waals surface area contributed by atoms with Gasteiger partial charge in [0.1, 0.15) is 0 Å². The topological polar surface area (TPSA) is 63.9 Å². The van der Waals surface area contributed by atoms with Crippen LogP contribution < -0.4 is 0 Å². The van der Waals surface area contributed by atoms with Crippen molar-refractivity contribution < 1.29 is 0 Å². The molecule has 0 amide bonds. The van der Waals surface area contributed by atoms with Gasteiger partial charge >= 0.3 is 0 Å². The lowest BCUT2D eigenvalue weighted by Gasteiger charge is -2.26. The molecule has 1 unspecified atom stereocenters. The number of hydrogen-bond donors (Lipinski definition) is 0. The third kappa shape index (κ3) is 3.88. The lowest BCUT2D eigenvalue weighted by Crippen LogP contribution is -2.22. The van der Waals surface area contributed by atoms with Crippen molar-refractivity contribution in [3.05, 3.63) is 127 Å². The first-order chi connectivity index (χ1) is 16.8. The number of allylic oxidation sites excluding steroid dienone is 5. The van der Waals surface area contributed by atoms with E-state index in [4.69, 9.17) is 9.98 Å². The summed E-state index contributed by atoms with van der Waals surface area (Å²) in [5.74, 6) is 0.224. The second kappa shape index (κ2) is 8.79. The predicted molar refractivity (Wildman–Crippen MR) is 135 cm³/mol. The summed E-state index contributed by atoms with van der Waals surface area (Å²) in [6, 6.07) is 16.1. The smallest absolute Gasteiger partial charge is 0.0724 e. The first-order valence-electron chi connectivity index (χ1n) is 11.3. The van der Waals surface area contributed by atoms with E-state index in [2.05, 4.69) is 51.4 Å². The van der Waals surface area contributed by atoms with Crippen molar-refractivity contribution in [3.63, 3.8) is 0 Å². The van der Waals surface area contributed by atoms with E-state index in [9.17, 15) is 0 Å². The molecule has 1 aliphatic heterocycles. The molecule has 0 radical (unpaired) electrons. The number of fused-ring (bicyclic) bond motifs is 1. The molecule has 0 bridgehead atoms. The Bertz CT molecular complexity index is 1430. The molecule has 4 aromatic rings. The van der Waals surface area contributed by atoms with E-state index < -0.39 is 0 Å². The zero-order chi connectivity index (χ0) is 22.7. The standard InChI is InChI=1S/C29H21N5/c1-2-8-25-20(5-1)15-28(23-9-11-26(32-18-23)21-6-3-13-30-16-21)34-29(25)24-10-12-27(33-19-24)22-7-4-14-31-17-22/h1-7,9-19,25H,8H2. The monoisotopic (exact) mass is 439 g/mol. The highest BCUT2D eigenvalue weighted by Gasteiger charge is 2.26. The van der Waals surface area contributed by atoms with Gasteiger partial charge in [-0.1, -0.05) is 18.2 Å². The fourth-order valence-corrected chi connectivity index (χ4v) is 4.34. The second-order valence-electron chi connectivity index (χ2n) is 8.26. The summed E-state index contributed by atoms with van der Waals surface area (Å²) in [5.41, 5.74) is 9.02. The van der Waals surface area contributed by atoms with Gasteiger partial charge in [-0.05, 0) is 66.6 Å². The van der Waals surface area contributed by atoms with Crippen LogP contribution in [0.2, 0.25) is 0 Å². The molecule has 0 saturated carbocycles. The molecule has 5 heteroatoms. The number of hydrogen-bond acceptors (Lipinski definition) is 5. The van der Waals surface area contributed by atoms with Gasteiger partial charge in [-0.3, -0.25) is 24.9 Å². The molecular weight excluding hydrogens is 418 g/mol. The molecule has 5 heterocycles. The SMILES string of the molecule is C1=CCC2C(=C1)C=C(c1ccc(-c3cccnc3)nc1)N=C2c1ccc(-c2cccnc2)nc1. The number of nitrogens with zero attached hydrogens (tertiary/aromatic N) is 5. The van der Waals surface area contributed by atoms with Crippen molar-refractivity contribution in [2.75, 3.05) is 0 Å². The van der Waals surface area contributed by atoms with Gasteiger partial charge in [0.05, 0.1) is 22.8 Å². The van der Waals surface area contributed by atoms with E-state index in [0.717, 1.165) is 51.5 Å². The highest BCUT2D eigenvalue weighted by molar-refractivity contribution is 6.08. The molecule has 2 aliphatic rings. The average Bonchev–Trinajstić information content (AvgIpc) is 2.94. The molecule has 0 N–H and O–H groups in total. The second-order valence-corrected chi connectivity index (χ2v) is 8.26. The predicted octanol–water partition coefficient (Wildman–Crippen LogP) is 5.95. The summed E-state index contributed by atoms with van der Waals surface area (Å²) < 4.78 is 0. The van der Waals surface area contributed by atoms with Crippen LogP contribution in [0.1, 0.15) is 17.5 Å². The molecular formula is C29H21N5. The molecule has 0 fully saturated rings. The molecule has 0 aromatic carbocycles. The quantitative estimate of drug-likeness (QED) is 0.394. The summed E-state index contributed by atoms with van der Waals surface area (Å²) in [6.45, 7) is 0. The maximum Gasteiger partial charge on any atom is 0.0724 e. The fraction of sp³-hybridized carbons (Fsp3) is 0.0690. The fourth-order valence-electron chi connectivity index (χ4n) is 4.34. The molecule has 0 saturated heterocycles. The van der Waals surface area contributed by atoms with Crippen LogP contribution in [-0.4, -0.2) is 25.6 Å². The van der Waals surface area contributed by atoms with Crippen LogP contribution >= 0.6 is 0 Å². The Morgan fingerprint density at radius 2 is 1.35 bits per heavy atom. The lowest BCUT2D eigenvalue weighted by atomic mass is 9.82. The lowest BCUT2D eigenvalue weighted by molar-refractivity contribution is 0.823. The van der Waals surface area contributed by atoms with Crippen molar-refractivity contribution in [1.82, 2.24) is 19.9 Å². The summed E-state index contributed by atoms with van der Waals surface area (Å²) in [5, 5.41) is 0. The van der Waals surface area contributed by atoms with Crippen molar-refractivity contribution in [2.24, 2.45) is 10.9 Å². The van der Waals surface area contributed by atoms with Gasteiger partial charge in [0.15, 0.2) is 0 Å². The Morgan fingerprint density at radius 3 is 1.94 bits per heavy atom. The van der Waals surface area contributed by atoms with Crippen LogP contribution in [-0.2, 0) is 0 Å². The minimum Gasteiger partial charge on any atom is -0.264 e. The van der Waals surface area contributed by atoms with Gasteiger partial charge < -0.3 is 0 Å². The van der Waals surface area contributed by atoms with Crippen molar-refractivity contribution >= 4 is 11.4 Å². The van der Waals surface area contributed by atoms with E-state index in [1.165, 1.54) is 5.57 Å². The van der Waals surface area contributed by atoms with E-state index in [1.807, 2.05) is 61.2 Å². The molecule has 1 aliphatic carbocycles. The molecule has 6 rings (SSSR count). The summed E-state index contributed by atoms with van der Waals surface area (Å²) in [4.78, 5) is 22.9. The van der Waals surface area contributed by atoms with Gasteiger partial charge in [0.2, 0.25) is 0 Å². The highest BCUT2D eigenvalue weighted by atomic mass is 14.8. The summed E-state index contributed by atoms with van der Waals surface area (Å²) >= 11 is 0. The Balaban J connectivity index is 1.36. The maximum absolute atomic E-state index is 5.11. The van der Waals surface area contributed by atoms with Crippen LogP contribution in [0.4, 0.5) is 0 Å². The minimum atomic E-state index is 0.224. The third-order valence-electron chi connectivity index (χ3n) is 6.11. The molecule has 4 aromatic heterocycles. The van der Waals surface area contributed by atoms with Crippen molar-refractivity contribution in [3.8, 4) is 22.5 Å². The zero-order valence-corrected chi connectivity index (χ0v) is 18.4. The molecule has 1 atom stereocenters. The average molecular weight is 440 g/mol. The van der Waals surface area contributed by atoms with E-state index in [-0.39, 0.29) is 5.92 Å². The highest BCUT2D eigenvalue weighted by Crippen LogP contribution is 2.35. The first-order valence-corrected chi connectivity index (χ1v) is 11.3. The van der Waals surface area contributed by atoms with Gasteiger partial charge in [-0.15, -0.1) is 0 Å². The van der Waals surface area contributed by atoms with Crippen LogP contribution in [0.25, 0.3) is 28.2 Å². The number of aromatic nitrogens is 4. The number of rotatable bonds is 4. The van der Waals surface area contributed by atoms with E-state index in [0.29, 0.717) is 0 Å². The number of pyridine rings is 4. The van der Waals surface area contributed by atoms with Crippen LogP contribution in [0, 0.1) is 5.92 Å². The van der Waals surface area contributed by atoms with Crippen molar-refractivity contribution in [2.45, 2.75) is 6.42 Å².